The number of aryl methyl sites for hydroxylation is 6. The van der Waals surface area contributed by atoms with Crippen LogP contribution in [0.2, 0.25) is 0 Å². The first-order valence-electron chi connectivity index (χ1n) is 12.2. The van der Waals surface area contributed by atoms with Gasteiger partial charge in [0.25, 0.3) is 0 Å². The monoisotopic (exact) mass is 502 g/mol. The Morgan fingerprint density at radius 3 is 1.22 bits per heavy atom. The molecule has 198 valence electrons. The van der Waals surface area contributed by atoms with Crippen molar-refractivity contribution in [1.29, 1.82) is 0 Å². The van der Waals surface area contributed by atoms with Crippen LogP contribution >= 0.6 is 0 Å². The summed E-state index contributed by atoms with van der Waals surface area (Å²) in [6.45, 7) is 8.92. The van der Waals surface area contributed by atoms with Gasteiger partial charge in [0, 0.05) is 12.8 Å². The van der Waals surface area contributed by atoms with Crippen LogP contribution in [0.15, 0.2) is 24.3 Å². The van der Waals surface area contributed by atoms with Crippen molar-refractivity contribution in [2.24, 2.45) is 0 Å². The first-order valence-corrected chi connectivity index (χ1v) is 12.2. The van der Waals surface area contributed by atoms with Crippen molar-refractivity contribution in [3.8, 4) is 11.5 Å². The van der Waals surface area contributed by atoms with Crippen LogP contribution < -0.4 is 0 Å². The normalized spacial score (nSPS) is 10.9. The zero-order chi connectivity index (χ0) is 26.5. The lowest BCUT2D eigenvalue weighted by molar-refractivity contribution is -0.146. The second-order valence-electron chi connectivity index (χ2n) is 8.82. The fraction of sp³-hybridized carbons (Fsp3) is 0.500. The molecule has 0 bridgehead atoms. The Balaban J connectivity index is 1.44. The van der Waals surface area contributed by atoms with Crippen LogP contribution in [0.5, 0.6) is 11.5 Å². The van der Waals surface area contributed by atoms with Crippen LogP contribution in [0.1, 0.15) is 46.2 Å². The third-order valence-electron chi connectivity index (χ3n) is 5.69. The highest BCUT2D eigenvalue weighted by Gasteiger charge is 2.09. The molecule has 0 amide bonds. The molecule has 0 aliphatic rings. The fourth-order valence-electron chi connectivity index (χ4n) is 3.77. The molecular weight excluding hydrogens is 464 g/mol. The molecule has 2 aromatic carbocycles. The summed E-state index contributed by atoms with van der Waals surface area (Å²) < 4.78 is 21.1. The van der Waals surface area contributed by atoms with Crippen molar-refractivity contribution in [3.63, 3.8) is 0 Å². The first kappa shape index (κ1) is 29.1. The van der Waals surface area contributed by atoms with Gasteiger partial charge in [0.05, 0.1) is 26.4 Å². The number of rotatable bonds is 15. The zero-order valence-electron chi connectivity index (χ0n) is 21.7. The molecule has 2 N–H and O–H groups in total. The maximum atomic E-state index is 11.9. The van der Waals surface area contributed by atoms with Gasteiger partial charge in [0.2, 0.25) is 0 Å². The summed E-state index contributed by atoms with van der Waals surface area (Å²) in [6.07, 6.45) is 1.63. The molecule has 8 heteroatoms. The van der Waals surface area contributed by atoms with Gasteiger partial charge in [-0.15, -0.1) is 0 Å². The Morgan fingerprint density at radius 2 is 0.889 bits per heavy atom. The van der Waals surface area contributed by atoms with E-state index in [2.05, 4.69) is 0 Å². The lowest BCUT2D eigenvalue weighted by Crippen LogP contribution is -2.15. The van der Waals surface area contributed by atoms with Crippen LogP contribution in [0.25, 0.3) is 0 Å². The molecule has 36 heavy (non-hydrogen) atoms. The molecule has 0 spiro atoms. The van der Waals surface area contributed by atoms with E-state index in [4.69, 9.17) is 18.9 Å². The Kier molecular flexibility index (Phi) is 12.2. The second-order valence-corrected chi connectivity index (χ2v) is 8.82. The third kappa shape index (κ3) is 10.3. The number of aromatic hydroxyl groups is 2. The van der Waals surface area contributed by atoms with Gasteiger partial charge < -0.3 is 29.2 Å². The number of hydrogen-bond acceptors (Lipinski definition) is 8. The van der Waals surface area contributed by atoms with E-state index >= 15 is 0 Å². The van der Waals surface area contributed by atoms with Crippen LogP contribution in [-0.2, 0) is 41.4 Å². The molecule has 0 aliphatic carbocycles. The van der Waals surface area contributed by atoms with Crippen molar-refractivity contribution in [1.82, 2.24) is 0 Å². The van der Waals surface area contributed by atoms with E-state index in [9.17, 15) is 19.8 Å². The van der Waals surface area contributed by atoms with Gasteiger partial charge in [-0.1, -0.05) is 24.3 Å². The van der Waals surface area contributed by atoms with Gasteiger partial charge >= 0.3 is 11.9 Å². The number of esters is 2. The number of phenols is 2. The fourth-order valence-corrected chi connectivity index (χ4v) is 3.77. The summed E-state index contributed by atoms with van der Waals surface area (Å²) in [4.78, 5) is 23.8. The minimum absolute atomic E-state index is 0.171. The summed E-state index contributed by atoms with van der Waals surface area (Å²) in [7, 11) is 0. The van der Waals surface area contributed by atoms with Crippen molar-refractivity contribution >= 4 is 11.9 Å². The zero-order valence-corrected chi connectivity index (χ0v) is 21.7. The highest BCUT2D eigenvalue weighted by molar-refractivity contribution is 5.70. The van der Waals surface area contributed by atoms with E-state index in [0.717, 1.165) is 33.4 Å². The number of ether oxygens (including phenoxy) is 4. The quantitative estimate of drug-likeness (QED) is 0.278. The minimum Gasteiger partial charge on any atom is -0.507 e. The number of carbonyl (C=O) groups is 2. The number of benzene rings is 2. The SMILES string of the molecule is Cc1cc(CCC(=O)OCCOCCOCCOC(=O)CCc2cc(C)c(O)c(C)c2)cc(C)c1O. The van der Waals surface area contributed by atoms with E-state index < -0.39 is 0 Å². The molecule has 0 saturated heterocycles. The maximum Gasteiger partial charge on any atom is 0.306 e. The lowest BCUT2D eigenvalue weighted by Gasteiger charge is -2.09. The molecule has 0 fully saturated rings. The standard InChI is InChI=1S/C28H38O8/c1-19-15-23(16-20(2)27(19)31)5-7-25(29)35-13-11-33-9-10-34-12-14-36-26(30)8-6-24-17-21(3)28(32)22(4)18-24/h15-18,31-32H,5-14H2,1-4H3. The van der Waals surface area contributed by atoms with Crippen molar-refractivity contribution < 1.29 is 38.7 Å². The van der Waals surface area contributed by atoms with E-state index in [1.807, 2.05) is 52.0 Å². The van der Waals surface area contributed by atoms with E-state index in [1.165, 1.54) is 0 Å². The van der Waals surface area contributed by atoms with Crippen molar-refractivity contribution in [2.45, 2.75) is 53.4 Å². The molecule has 0 heterocycles. The molecule has 0 unspecified atom stereocenters. The summed E-state index contributed by atoms with van der Waals surface area (Å²) in [5.41, 5.74) is 5.15. The van der Waals surface area contributed by atoms with Crippen LogP contribution in [0, 0.1) is 27.7 Å². The number of hydrogen-bond donors (Lipinski definition) is 2. The Bertz CT molecular complexity index is 887. The highest BCUT2D eigenvalue weighted by Crippen LogP contribution is 2.24. The highest BCUT2D eigenvalue weighted by atomic mass is 16.6. The van der Waals surface area contributed by atoms with Gasteiger partial charge in [-0.05, 0) is 73.9 Å². The summed E-state index contributed by atoms with van der Waals surface area (Å²) in [6, 6.07) is 7.50. The minimum atomic E-state index is -0.296. The van der Waals surface area contributed by atoms with Gasteiger partial charge in [0.15, 0.2) is 0 Å². The molecule has 0 aliphatic heterocycles. The predicted octanol–water partition coefficient (Wildman–Crippen LogP) is 4.02. The number of phenolic OH excluding ortho intramolecular Hbond substituents is 2. The Labute approximate surface area is 213 Å². The molecule has 0 saturated carbocycles. The summed E-state index contributed by atoms with van der Waals surface area (Å²) in [5, 5.41) is 19.6. The molecule has 2 aromatic rings. The Morgan fingerprint density at radius 1 is 0.583 bits per heavy atom. The van der Waals surface area contributed by atoms with Crippen LogP contribution in [-0.4, -0.2) is 61.8 Å². The summed E-state index contributed by atoms with van der Waals surface area (Å²) >= 11 is 0. The van der Waals surface area contributed by atoms with Crippen LogP contribution in [0.4, 0.5) is 0 Å². The summed E-state index contributed by atoms with van der Waals surface area (Å²) in [5.74, 6) is -0.0161. The van der Waals surface area contributed by atoms with E-state index in [0.29, 0.717) is 26.1 Å². The topological polar surface area (TPSA) is 112 Å². The van der Waals surface area contributed by atoms with Gasteiger partial charge in [-0.25, -0.2) is 0 Å². The molecule has 8 nitrogen and oxygen atoms in total. The van der Waals surface area contributed by atoms with Crippen molar-refractivity contribution in [3.05, 3.63) is 57.6 Å². The Hall–Kier alpha value is -3.10. The van der Waals surface area contributed by atoms with E-state index in [-0.39, 0.29) is 62.7 Å². The van der Waals surface area contributed by atoms with E-state index in [1.54, 1.807) is 0 Å². The molecular formula is C28H38O8. The largest absolute Gasteiger partial charge is 0.507 e. The van der Waals surface area contributed by atoms with Gasteiger partial charge in [0.1, 0.15) is 24.7 Å². The maximum absolute atomic E-state index is 11.9. The molecule has 2 rings (SSSR count). The third-order valence-corrected chi connectivity index (χ3v) is 5.69. The molecule has 0 atom stereocenters. The van der Waals surface area contributed by atoms with Crippen LogP contribution in [0.3, 0.4) is 0 Å². The number of carbonyl (C=O) groups excluding carboxylic acids is 2. The molecule has 0 aromatic heterocycles. The average molecular weight is 503 g/mol. The molecule has 0 radical (unpaired) electrons. The first-order chi connectivity index (χ1) is 17.2. The predicted molar refractivity (Wildman–Crippen MR) is 135 cm³/mol. The van der Waals surface area contributed by atoms with Crippen molar-refractivity contribution in [2.75, 3.05) is 39.6 Å². The van der Waals surface area contributed by atoms with Gasteiger partial charge in [-0.3, -0.25) is 9.59 Å². The average Bonchev–Trinajstić information content (AvgIpc) is 2.84. The van der Waals surface area contributed by atoms with Gasteiger partial charge in [-0.2, -0.15) is 0 Å². The smallest absolute Gasteiger partial charge is 0.306 e. The lowest BCUT2D eigenvalue weighted by atomic mass is 10.0. The second kappa shape index (κ2) is 15.1.